The van der Waals surface area contributed by atoms with Crippen molar-refractivity contribution >= 4 is 15.9 Å². The predicted molar refractivity (Wildman–Crippen MR) is 115 cm³/mol. The highest BCUT2D eigenvalue weighted by atomic mass is 32.2. The molecule has 1 fully saturated rings. The van der Waals surface area contributed by atoms with Crippen LogP contribution in [0.15, 0.2) is 35.2 Å². The number of hydrogen-bond donors (Lipinski definition) is 1. The van der Waals surface area contributed by atoms with Crippen molar-refractivity contribution in [3.8, 4) is 11.5 Å². The van der Waals surface area contributed by atoms with Gasteiger partial charge in [-0.1, -0.05) is 0 Å². The van der Waals surface area contributed by atoms with E-state index in [1.165, 1.54) is 13.1 Å². The molecule has 30 heavy (non-hydrogen) atoms. The summed E-state index contributed by atoms with van der Waals surface area (Å²) in [5.41, 5.74) is 2.63. The van der Waals surface area contributed by atoms with Crippen LogP contribution in [0.3, 0.4) is 0 Å². The molecule has 0 radical (unpaired) electrons. The lowest BCUT2D eigenvalue weighted by Gasteiger charge is -2.27. The molecule has 162 valence electrons. The second kappa shape index (κ2) is 8.65. The number of carbonyl (C=O) groups is 1. The first-order valence-corrected chi connectivity index (χ1v) is 11.3. The first kappa shape index (κ1) is 22.1. The van der Waals surface area contributed by atoms with Crippen molar-refractivity contribution in [3.63, 3.8) is 0 Å². The largest absolute Gasteiger partial charge is 0.497 e. The standard InChI is InChI=1S/C22H28N2O5S/c1-14-11-16(12-21(15(14)2)30(26,27)23-3)22(25)24-10-6-7-19(24)18-13-17(28-4)8-9-20(18)29-5/h8-9,11-13,19,23H,6-7,10H2,1-5H3. The Kier molecular flexibility index (Phi) is 6.38. The highest BCUT2D eigenvalue weighted by Crippen LogP contribution is 2.39. The molecule has 2 aromatic carbocycles. The van der Waals surface area contributed by atoms with Crippen molar-refractivity contribution < 1.29 is 22.7 Å². The topological polar surface area (TPSA) is 84.9 Å². The monoisotopic (exact) mass is 432 g/mol. The molecule has 1 unspecified atom stereocenters. The van der Waals surface area contributed by atoms with Crippen LogP contribution in [-0.2, 0) is 10.0 Å². The van der Waals surface area contributed by atoms with Crippen LogP contribution >= 0.6 is 0 Å². The van der Waals surface area contributed by atoms with Crippen molar-refractivity contribution in [2.24, 2.45) is 0 Å². The summed E-state index contributed by atoms with van der Waals surface area (Å²) in [6.07, 6.45) is 1.64. The summed E-state index contributed by atoms with van der Waals surface area (Å²) in [7, 11) is 0.893. The molecule has 1 amide bonds. The zero-order valence-electron chi connectivity index (χ0n) is 18.0. The van der Waals surface area contributed by atoms with Crippen molar-refractivity contribution in [2.75, 3.05) is 27.8 Å². The molecule has 0 aliphatic carbocycles. The summed E-state index contributed by atoms with van der Waals surface area (Å²) >= 11 is 0. The van der Waals surface area contributed by atoms with E-state index in [4.69, 9.17) is 9.47 Å². The van der Waals surface area contributed by atoms with Crippen LogP contribution in [0.2, 0.25) is 0 Å². The molecule has 8 heteroatoms. The van der Waals surface area contributed by atoms with Crippen LogP contribution in [-0.4, -0.2) is 47.0 Å². The molecule has 1 saturated heterocycles. The molecular formula is C22H28N2O5S. The lowest BCUT2D eigenvalue weighted by atomic mass is 10.0. The van der Waals surface area contributed by atoms with Gasteiger partial charge in [-0.15, -0.1) is 0 Å². The Bertz CT molecular complexity index is 1070. The van der Waals surface area contributed by atoms with Gasteiger partial charge in [0.25, 0.3) is 5.91 Å². The Morgan fingerprint density at radius 3 is 2.50 bits per heavy atom. The first-order valence-electron chi connectivity index (χ1n) is 9.81. The number of sulfonamides is 1. The zero-order valence-corrected chi connectivity index (χ0v) is 18.8. The summed E-state index contributed by atoms with van der Waals surface area (Å²) in [5.74, 6) is 1.19. The summed E-state index contributed by atoms with van der Waals surface area (Å²) in [6.45, 7) is 4.14. The van der Waals surface area contributed by atoms with Crippen LogP contribution in [0.4, 0.5) is 0 Å². The van der Waals surface area contributed by atoms with Gasteiger partial charge < -0.3 is 14.4 Å². The van der Waals surface area contributed by atoms with E-state index in [2.05, 4.69) is 4.72 Å². The number of likely N-dealkylation sites (tertiary alicyclic amines) is 1. The molecule has 1 N–H and O–H groups in total. The van der Waals surface area contributed by atoms with E-state index in [0.29, 0.717) is 29.2 Å². The van der Waals surface area contributed by atoms with Crippen LogP contribution in [0.25, 0.3) is 0 Å². The lowest BCUT2D eigenvalue weighted by molar-refractivity contribution is 0.0733. The Labute approximate surface area is 178 Å². The van der Waals surface area contributed by atoms with Gasteiger partial charge in [0.05, 0.1) is 25.2 Å². The molecule has 0 bridgehead atoms. The normalized spacial score (nSPS) is 16.6. The van der Waals surface area contributed by atoms with E-state index in [0.717, 1.165) is 24.0 Å². The molecule has 1 atom stereocenters. The number of amides is 1. The highest BCUT2D eigenvalue weighted by molar-refractivity contribution is 7.89. The quantitative estimate of drug-likeness (QED) is 0.758. The third kappa shape index (κ3) is 4.02. The van der Waals surface area contributed by atoms with Crippen LogP contribution in [0.5, 0.6) is 11.5 Å². The van der Waals surface area contributed by atoms with Crippen LogP contribution in [0, 0.1) is 13.8 Å². The molecule has 0 spiro atoms. The number of rotatable bonds is 6. The molecule has 1 aliphatic heterocycles. The Morgan fingerprint density at radius 2 is 1.87 bits per heavy atom. The molecular weight excluding hydrogens is 404 g/mol. The third-order valence-electron chi connectivity index (χ3n) is 5.73. The summed E-state index contributed by atoms with van der Waals surface area (Å²) < 4.78 is 38.1. The Balaban J connectivity index is 2.04. The number of aryl methyl sites for hydroxylation is 1. The molecule has 1 heterocycles. The average molecular weight is 433 g/mol. The number of ether oxygens (including phenoxy) is 2. The summed E-state index contributed by atoms with van der Waals surface area (Å²) in [6, 6.07) is 8.60. The minimum Gasteiger partial charge on any atom is -0.497 e. The minimum absolute atomic E-state index is 0.128. The fourth-order valence-electron chi connectivity index (χ4n) is 3.94. The first-order chi connectivity index (χ1) is 14.2. The molecule has 2 aromatic rings. The van der Waals surface area contributed by atoms with E-state index in [9.17, 15) is 13.2 Å². The van der Waals surface area contributed by atoms with Gasteiger partial charge in [0.15, 0.2) is 0 Å². The van der Waals surface area contributed by atoms with Gasteiger partial charge in [-0.2, -0.15) is 0 Å². The minimum atomic E-state index is -3.67. The maximum absolute atomic E-state index is 13.5. The average Bonchev–Trinajstić information content (AvgIpc) is 3.24. The highest BCUT2D eigenvalue weighted by Gasteiger charge is 2.33. The zero-order chi connectivity index (χ0) is 22.1. The van der Waals surface area contributed by atoms with Gasteiger partial charge in [0, 0.05) is 17.7 Å². The van der Waals surface area contributed by atoms with Gasteiger partial charge in [0.1, 0.15) is 11.5 Å². The van der Waals surface area contributed by atoms with Gasteiger partial charge in [-0.25, -0.2) is 13.1 Å². The maximum atomic E-state index is 13.5. The van der Waals surface area contributed by atoms with E-state index < -0.39 is 10.0 Å². The number of benzene rings is 2. The van der Waals surface area contributed by atoms with Gasteiger partial charge in [-0.05, 0) is 75.2 Å². The molecule has 0 aromatic heterocycles. The van der Waals surface area contributed by atoms with Crippen molar-refractivity contribution in [1.82, 2.24) is 9.62 Å². The second-order valence-electron chi connectivity index (χ2n) is 7.39. The molecule has 3 rings (SSSR count). The molecule has 7 nitrogen and oxygen atoms in total. The number of nitrogens with one attached hydrogen (secondary N) is 1. The number of nitrogens with zero attached hydrogens (tertiary/aromatic N) is 1. The van der Waals surface area contributed by atoms with Crippen LogP contribution < -0.4 is 14.2 Å². The molecule has 0 saturated carbocycles. The van der Waals surface area contributed by atoms with Crippen molar-refractivity contribution in [3.05, 3.63) is 52.6 Å². The molecule has 1 aliphatic rings. The number of hydrogen-bond acceptors (Lipinski definition) is 5. The van der Waals surface area contributed by atoms with Crippen molar-refractivity contribution in [1.29, 1.82) is 0 Å². The maximum Gasteiger partial charge on any atom is 0.254 e. The fraction of sp³-hybridized carbons (Fsp3) is 0.409. The Morgan fingerprint density at radius 1 is 1.13 bits per heavy atom. The number of methoxy groups -OCH3 is 2. The van der Waals surface area contributed by atoms with Gasteiger partial charge in [-0.3, -0.25) is 4.79 Å². The van der Waals surface area contributed by atoms with E-state index in [1.807, 2.05) is 25.1 Å². The Hall–Kier alpha value is -2.58. The summed E-state index contributed by atoms with van der Waals surface area (Å²) in [5, 5.41) is 0. The predicted octanol–water partition coefficient (Wildman–Crippen LogP) is 3.21. The fourth-order valence-corrected chi connectivity index (χ4v) is 5.00. The second-order valence-corrected chi connectivity index (χ2v) is 9.24. The number of carbonyl (C=O) groups excluding carboxylic acids is 1. The lowest BCUT2D eigenvalue weighted by Crippen LogP contribution is -2.31. The smallest absolute Gasteiger partial charge is 0.254 e. The third-order valence-corrected chi connectivity index (χ3v) is 7.27. The van der Waals surface area contributed by atoms with E-state index in [1.54, 1.807) is 32.1 Å². The summed E-state index contributed by atoms with van der Waals surface area (Å²) in [4.78, 5) is 15.4. The van der Waals surface area contributed by atoms with Gasteiger partial charge in [0.2, 0.25) is 10.0 Å². The van der Waals surface area contributed by atoms with E-state index >= 15 is 0 Å². The van der Waals surface area contributed by atoms with Crippen molar-refractivity contribution in [2.45, 2.75) is 37.6 Å². The van der Waals surface area contributed by atoms with Crippen LogP contribution in [0.1, 0.15) is 45.9 Å². The van der Waals surface area contributed by atoms with E-state index in [-0.39, 0.29) is 16.8 Å². The van der Waals surface area contributed by atoms with Gasteiger partial charge >= 0.3 is 0 Å². The SMILES string of the molecule is CNS(=O)(=O)c1cc(C(=O)N2CCCC2c2cc(OC)ccc2OC)cc(C)c1C.